The van der Waals surface area contributed by atoms with Gasteiger partial charge in [-0.05, 0) is 31.2 Å². The second-order valence-electron chi connectivity index (χ2n) is 4.89. The first-order chi connectivity index (χ1) is 11.0. The molecule has 2 amide bonds. The predicted molar refractivity (Wildman–Crippen MR) is 89.5 cm³/mol. The molecule has 8 heteroatoms. The van der Waals surface area contributed by atoms with Crippen LogP contribution < -0.4 is 10.6 Å². The smallest absolute Gasteiger partial charge is 0.329 e. The molecule has 23 heavy (non-hydrogen) atoms. The molecule has 0 aliphatic carbocycles. The van der Waals surface area contributed by atoms with Crippen molar-refractivity contribution in [3.8, 4) is 0 Å². The molecule has 1 heterocycles. The normalized spacial score (nSPS) is 20.5. The molecule has 1 aliphatic rings. The molecule has 1 aromatic rings. The fourth-order valence-corrected chi connectivity index (χ4v) is 3.29. The van der Waals surface area contributed by atoms with Gasteiger partial charge in [0.25, 0.3) is 0 Å². The molecule has 0 aromatic heterocycles. The Morgan fingerprint density at radius 1 is 1.39 bits per heavy atom. The predicted octanol–water partition coefficient (Wildman–Crippen LogP) is 1.83. The maximum atomic E-state index is 12.0. The van der Waals surface area contributed by atoms with Crippen molar-refractivity contribution in [2.45, 2.75) is 24.6 Å². The minimum Gasteiger partial charge on any atom is -0.464 e. The zero-order chi connectivity index (χ0) is 16.8. The van der Waals surface area contributed by atoms with Crippen LogP contribution in [0.5, 0.6) is 0 Å². The quantitative estimate of drug-likeness (QED) is 0.786. The molecule has 1 fully saturated rings. The van der Waals surface area contributed by atoms with Crippen LogP contribution >= 0.6 is 23.4 Å². The van der Waals surface area contributed by atoms with Crippen molar-refractivity contribution >= 4 is 46.8 Å². The Kier molecular flexibility index (Phi) is 6.29. The fraction of sp³-hybridized carbons (Fsp3) is 0.400. The van der Waals surface area contributed by atoms with E-state index in [9.17, 15) is 14.4 Å². The summed E-state index contributed by atoms with van der Waals surface area (Å²) >= 11 is 7.06. The standard InChI is InChI=1S/C15H17ClN2O4S/c1-2-22-15(21)11-8-23-12(14(20)18-11)7-13(19)17-10-5-3-9(16)4-6-10/h3-6,11-12H,2,7-8H2,1H3,(H,17,19)(H,18,20)/t11-,12?/m1/s1. The van der Waals surface area contributed by atoms with Gasteiger partial charge >= 0.3 is 5.97 Å². The van der Waals surface area contributed by atoms with Crippen LogP contribution in [0.2, 0.25) is 5.02 Å². The van der Waals surface area contributed by atoms with Gasteiger partial charge in [0.15, 0.2) is 0 Å². The topological polar surface area (TPSA) is 84.5 Å². The Hall–Kier alpha value is -1.73. The molecule has 0 radical (unpaired) electrons. The number of carbonyl (C=O) groups excluding carboxylic acids is 3. The van der Waals surface area contributed by atoms with Crippen LogP contribution in [0, 0.1) is 0 Å². The van der Waals surface area contributed by atoms with Crippen molar-refractivity contribution in [3.63, 3.8) is 0 Å². The zero-order valence-corrected chi connectivity index (χ0v) is 14.1. The van der Waals surface area contributed by atoms with Crippen molar-refractivity contribution in [1.82, 2.24) is 5.32 Å². The van der Waals surface area contributed by atoms with E-state index in [1.807, 2.05) is 0 Å². The number of benzene rings is 1. The molecule has 1 aromatic carbocycles. The third kappa shape index (κ3) is 5.14. The first-order valence-corrected chi connectivity index (χ1v) is 8.56. The van der Waals surface area contributed by atoms with Crippen LogP contribution in [0.4, 0.5) is 5.69 Å². The van der Waals surface area contributed by atoms with Gasteiger partial charge in [-0.1, -0.05) is 11.6 Å². The lowest BCUT2D eigenvalue weighted by atomic mass is 10.2. The minimum atomic E-state index is -0.650. The van der Waals surface area contributed by atoms with E-state index in [1.54, 1.807) is 31.2 Å². The SMILES string of the molecule is CCOC(=O)[C@H]1CSC(CC(=O)Nc2ccc(Cl)cc2)C(=O)N1. The minimum absolute atomic E-state index is 0.0364. The molecule has 0 bridgehead atoms. The van der Waals surface area contributed by atoms with Crippen LogP contribution in [-0.4, -0.2) is 41.4 Å². The van der Waals surface area contributed by atoms with E-state index >= 15 is 0 Å². The maximum Gasteiger partial charge on any atom is 0.329 e. The Morgan fingerprint density at radius 3 is 2.70 bits per heavy atom. The van der Waals surface area contributed by atoms with E-state index in [4.69, 9.17) is 16.3 Å². The highest BCUT2D eigenvalue weighted by Crippen LogP contribution is 2.22. The number of carbonyl (C=O) groups is 3. The summed E-state index contributed by atoms with van der Waals surface area (Å²) < 4.78 is 4.88. The van der Waals surface area contributed by atoms with E-state index in [-0.39, 0.29) is 24.8 Å². The zero-order valence-electron chi connectivity index (χ0n) is 12.5. The summed E-state index contributed by atoms with van der Waals surface area (Å²) in [5.41, 5.74) is 0.616. The number of nitrogens with one attached hydrogen (secondary N) is 2. The van der Waals surface area contributed by atoms with Crippen molar-refractivity contribution in [2.24, 2.45) is 0 Å². The van der Waals surface area contributed by atoms with Crippen LogP contribution in [0.1, 0.15) is 13.3 Å². The summed E-state index contributed by atoms with van der Waals surface area (Å²) in [6.07, 6.45) is 0.0364. The Bertz CT molecular complexity index is 594. The molecule has 1 aliphatic heterocycles. The Morgan fingerprint density at radius 2 is 2.09 bits per heavy atom. The summed E-state index contributed by atoms with van der Waals surface area (Å²) in [4.78, 5) is 35.6. The van der Waals surface area contributed by atoms with Crippen LogP contribution in [-0.2, 0) is 19.1 Å². The number of halogens is 1. The molecule has 2 N–H and O–H groups in total. The van der Waals surface area contributed by atoms with Crippen molar-refractivity contribution < 1.29 is 19.1 Å². The molecule has 1 unspecified atom stereocenters. The number of anilines is 1. The molecule has 2 atom stereocenters. The largest absolute Gasteiger partial charge is 0.464 e. The van der Waals surface area contributed by atoms with E-state index < -0.39 is 17.3 Å². The number of hydrogen-bond donors (Lipinski definition) is 2. The van der Waals surface area contributed by atoms with Crippen molar-refractivity contribution in [1.29, 1.82) is 0 Å². The number of thioether (sulfide) groups is 1. The average Bonchev–Trinajstić information content (AvgIpc) is 2.52. The highest BCUT2D eigenvalue weighted by Gasteiger charge is 2.34. The first kappa shape index (κ1) is 17.6. The van der Waals surface area contributed by atoms with Gasteiger partial charge in [-0.15, -0.1) is 11.8 Å². The third-order valence-electron chi connectivity index (χ3n) is 3.14. The molecular weight excluding hydrogens is 340 g/mol. The number of rotatable bonds is 5. The number of esters is 1. The van der Waals surface area contributed by atoms with Crippen molar-refractivity contribution in [3.05, 3.63) is 29.3 Å². The monoisotopic (exact) mass is 356 g/mol. The summed E-state index contributed by atoms with van der Waals surface area (Å²) in [6.45, 7) is 1.97. The van der Waals surface area contributed by atoms with E-state index in [0.29, 0.717) is 16.5 Å². The van der Waals surface area contributed by atoms with Gasteiger partial charge in [0.2, 0.25) is 11.8 Å². The lowest BCUT2D eigenvalue weighted by molar-refractivity contribution is -0.146. The molecular formula is C15H17ClN2O4S. The van der Waals surface area contributed by atoms with Gasteiger partial charge in [0.1, 0.15) is 6.04 Å². The van der Waals surface area contributed by atoms with Crippen LogP contribution in [0.25, 0.3) is 0 Å². The lowest BCUT2D eigenvalue weighted by Crippen LogP contribution is -2.51. The van der Waals surface area contributed by atoms with Gasteiger partial charge in [-0.25, -0.2) is 4.79 Å². The second kappa shape index (κ2) is 8.21. The number of amides is 2. The van der Waals surface area contributed by atoms with E-state index in [0.717, 1.165) is 0 Å². The summed E-state index contributed by atoms with van der Waals surface area (Å²) in [7, 11) is 0. The lowest BCUT2D eigenvalue weighted by Gasteiger charge is -2.27. The Balaban J connectivity index is 1.84. The Labute approximate surface area is 143 Å². The molecule has 2 rings (SSSR count). The summed E-state index contributed by atoms with van der Waals surface area (Å²) in [5.74, 6) is -0.652. The summed E-state index contributed by atoms with van der Waals surface area (Å²) in [6, 6.07) is 6.06. The molecule has 124 valence electrons. The molecule has 0 spiro atoms. The fourth-order valence-electron chi connectivity index (χ4n) is 2.03. The molecule has 0 saturated carbocycles. The van der Waals surface area contributed by atoms with Crippen molar-refractivity contribution in [2.75, 3.05) is 17.7 Å². The number of hydrogen-bond acceptors (Lipinski definition) is 5. The van der Waals surface area contributed by atoms with Gasteiger partial charge < -0.3 is 15.4 Å². The highest BCUT2D eigenvalue weighted by atomic mass is 35.5. The second-order valence-corrected chi connectivity index (χ2v) is 6.57. The highest BCUT2D eigenvalue weighted by molar-refractivity contribution is 8.00. The van der Waals surface area contributed by atoms with Gasteiger partial charge in [-0.3, -0.25) is 9.59 Å². The molecule has 1 saturated heterocycles. The van der Waals surface area contributed by atoms with Crippen LogP contribution in [0.3, 0.4) is 0 Å². The van der Waals surface area contributed by atoms with Crippen LogP contribution in [0.15, 0.2) is 24.3 Å². The van der Waals surface area contributed by atoms with E-state index in [2.05, 4.69) is 10.6 Å². The summed E-state index contributed by atoms with van der Waals surface area (Å²) in [5, 5.41) is 5.36. The van der Waals surface area contributed by atoms with Gasteiger partial charge in [0, 0.05) is 22.9 Å². The molecule has 6 nitrogen and oxygen atoms in total. The number of ether oxygens (including phenoxy) is 1. The van der Waals surface area contributed by atoms with Gasteiger partial charge in [0.05, 0.1) is 11.9 Å². The van der Waals surface area contributed by atoms with E-state index in [1.165, 1.54) is 11.8 Å². The van der Waals surface area contributed by atoms with Gasteiger partial charge in [-0.2, -0.15) is 0 Å². The first-order valence-electron chi connectivity index (χ1n) is 7.13. The third-order valence-corrected chi connectivity index (χ3v) is 4.70. The average molecular weight is 357 g/mol. The maximum absolute atomic E-state index is 12.0.